The van der Waals surface area contributed by atoms with Crippen molar-refractivity contribution in [3.63, 3.8) is 0 Å². The molecule has 6 rings (SSSR count). The van der Waals surface area contributed by atoms with Crippen LogP contribution in [0.15, 0.2) is 84.9 Å². The summed E-state index contributed by atoms with van der Waals surface area (Å²) in [6.07, 6.45) is 0. The van der Waals surface area contributed by atoms with Gasteiger partial charge in [0.05, 0.1) is 79.3 Å². The Hall–Kier alpha value is -4.43. The lowest BCUT2D eigenvalue weighted by Gasteiger charge is -2.18. The zero-order chi connectivity index (χ0) is 36.8. The molecule has 0 saturated heterocycles. The monoisotopic (exact) mass is 732 g/mol. The van der Waals surface area contributed by atoms with E-state index in [1.165, 1.54) is 0 Å². The van der Waals surface area contributed by atoms with E-state index < -0.39 is 0 Å². The second kappa shape index (κ2) is 23.3. The van der Waals surface area contributed by atoms with Gasteiger partial charge in [-0.3, -0.25) is 0 Å². The average Bonchev–Trinajstić information content (AvgIpc) is 3.18. The lowest BCUT2D eigenvalue weighted by Crippen LogP contribution is -2.15. The van der Waals surface area contributed by atoms with Crippen molar-refractivity contribution in [2.45, 2.75) is 0 Å². The molecule has 0 N–H and O–H groups in total. The molecule has 3 heterocycles. The zero-order valence-corrected chi connectivity index (χ0v) is 30.9. The van der Waals surface area contributed by atoms with Gasteiger partial charge < -0.3 is 52.3 Å². The van der Waals surface area contributed by atoms with Crippen LogP contribution in [0.5, 0.6) is 23.3 Å². The summed E-state index contributed by atoms with van der Waals surface area (Å²) in [6, 6.07) is 28.1. The molecule has 0 spiro atoms. The van der Waals surface area contributed by atoms with Crippen LogP contribution in [0.4, 0.5) is 5.69 Å². The normalized spacial score (nSPS) is 16.9. The number of hydrogen-bond acceptors (Lipinski definition) is 12. The zero-order valence-electron chi connectivity index (χ0n) is 30.9. The van der Waals surface area contributed by atoms with Gasteiger partial charge >= 0.3 is 0 Å². The van der Waals surface area contributed by atoms with Crippen LogP contribution < -0.4 is 23.8 Å². The highest BCUT2D eigenvalue weighted by Gasteiger charge is 2.16. The summed E-state index contributed by atoms with van der Waals surface area (Å²) < 4.78 is 58.7. The van der Waals surface area contributed by atoms with Crippen molar-refractivity contribution >= 4 is 5.69 Å². The molecule has 2 aliphatic rings. The van der Waals surface area contributed by atoms with Crippen LogP contribution >= 0.6 is 0 Å². The van der Waals surface area contributed by atoms with Gasteiger partial charge in [0, 0.05) is 43.0 Å². The lowest BCUT2D eigenvalue weighted by molar-refractivity contribution is 0.00440. The molecule has 1 aromatic heterocycles. The van der Waals surface area contributed by atoms with E-state index in [1.54, 1.807) is 0 Å². The predicted octanol–water partition coefficient (Wildman–Crippen LogP) is 5.81. The first-order chi connectivity index (χ1) is 26.2. The molecular weight excluding hydrogens is 680 g/mol. The SMILES string of the molecule is CN(C)c1cc2nc(c1)OCCOCCOCCOCCOc1cc(-c3ccccc3)c(cc1-c1ccccc1)OCCOCCOCCOCCO2. The minimum absolute atomic E-state index is 0.342. The van der Waals surface area contributed by atoms with E-state index >= 15 is 0 Å². The first-order valence-electron chi connectivity index (χ1n) is 18.1. The van der Waals surface area contributed by atoms with Gasteiger partial charge in [-0.2, -0.15) is 4.98 Å². The molecule has 53 heavy (non-hydrogen) atoms. The molecule has 0 aliphatic carbocycles. The number of fused-ring (bicyclic) bond motifs is 26. The van der Waals surface area contributed by atoms with E-state index in [2.05, 4.69) is 29.2 Å². The van der Waals surface area contributed by atoms with Crippen molar-refractivity contribution in [3.8, 4) is 45.5 Å². The summed E-state index contributed by atoms with van der Waals surface area (Å²) in [4.78, 5) is 6.43. The topological polar surface area (TPSA) is 108 Å². The fraction of sp³-hybridized carbons (Fsp3) is 0.439. The Morgan fingerprint density at radius 1 is 0.396 bits per heavy atom. The van der Waals surface area contributed by atoms with E-state index in [0.29, 0.717) is 117 Å². The molecule has 0 radical (unpaired) electrons. The molecular formula is C41H52N2O10. The van der Waals surface area contributed by atoms with Gasteiger partial charge in [-0.15, -0.1) is 0 Å². The van der Waals surface area contributed by atoms with Crippen molar-refractivity contribution in [3.05, 3.63) is 84.9 Å². The highest BCUT2D eigenvalue weighted by Crippen LogP contribution is 2.41. The first-order valence-corrected chi connectivity index (χ1v) is 18.1. The van der Waals surface area contributed by atoms with Crippen molar-refractivity contribution < 1.29 is 47.4 Å². The summed E-state index contributed by atoms with van der Waals surface area (Å²) in [5, 5.41) is 0. The number of nitrogens with zero attached hydrogens (tertiary/aromatic N) is 2. The summed E-state index contributed by atoms with van der Waals surface area (Å²) in [5.41, 5.74) is 4.83. The average molecular weight is 733 g/mol. The maximum atomic E-state index is 6.34. The molecule has 4 bridgehead atoms. The van der Waals surface area contributed by atoms with Gasteiger partial charge in [-0.05, 0) is 23.3 Å². The molecule has 0 fully saturated rings. The fourth-order valence-corrected chi connectivity index (χ4v) is 5.27. The number of ether oxygens (including phenoxy) is 10. The molecule has 286 valence electrons. The van der Waals surface area contributed by atoms with Crippen LogP contribution in [0.2, 0.25) is 0 Å². The number of hydrogen-bond donors (Lipinski definition) is 0. The molecule has 4 aromatic rings. The van der Waals surface area contributed by atoms with Gasteiger partial charge in [0.15, 0.2) is 0 Å². The Bertz CT molecular complexity index is 1480. The minimum atomic E-state index is 0.342. The molecule has 0 saturated carbocycles. The predicted molar refractivity (Wildman–Crippen MR) is 203 cm³/mol. The lowest BCUT2D eigenvalue weighted by atomic mass is 9.98. The van der Waals surface area contributed by atoms with Crippen LogP contribution in [0, 0.1) is 0 Å². The van der Waals surface area contributed by atoms with Crippen LogP contribution in [0.25, 0.3) is 22.3 Å². The van der Waals surface area contributed by atoms with E-state index in [1.807, 2.05) is 79.7 Å². The van der Waals surface area contributed by atoms with Gasteiger partial charge in [0.2, 0.25) is 11.8 Å². The molecule has 0 atom stereocenters. The standard InChI is InChI=1S/C41H52N2O10/c1-43(2)35-29-40-42-41(30-35)53-28-24-49-20-16-45-14-18-47-22-26-51-39-31-36(33-9-5-3-6-10-33)38(32-37(39)34-11-7-4-8-12-34)50-25-21-46-17-13-44-15-19-48-23-27-52-40/h3-12,29-32H,13-28H2,1-2H3. The molecule has 2 aliphatic heterocycles. The third-order valence-electron chi connectivity index (χ3n) is 7.94. The summed E-state index contributed by atoms with van der Waals surface area (Å²) in [7, 11) is 3.90. The van der Waals surface area contributed by atoms with Crippen molar-refractivity contribution in [2.75, 3.05) is 125 Å². The van der Waals surface area contributed by atoms with Crippen molar-refractivity contribution in [1.29, 1.82) is 0 Å². The van der Waals surface area contributed by atoms with E-state index in [0.717, 1.165) is 39.4 Å². The first kappa shape index (κ1) is 39.8. The largest absolute Gasteiger partial charge is 0.491 e. The number of benzene rings is 3. The summed E-state index contributed by atoms with van der Waals surface area (Å²) in [6.45, 7) is 6.61. The minimum Gasteiger partial charge on any atom is -0.491 e. The Kier molecular flexibility index (Phi) is 17.5. The number of anilines is 1. The van der Waals surface area contributed by atoms with Crippen LogP contribution in [0.3, 0.4) is 0 Å². The number of pyridine rings is 1. The number of rotatable bonds is 3. The maximum absolute atomic E-state index is 6.34. The van der Waals surface area contributed by atoms with E-state index in [-0.39, 0.29) is 0 Å². The summed E-state index contributed by atoms with van der Waals surface area (Å²) >= 11 is 0. The van der Waals surface area contributed by atoms with Crippen LogP contribution in [-0.2, 0) is 28.4 Å². The smallest absolute Gasteiger partial charge is 0.218 e. The quantitative estimate of drug-likeness (QED) is 0.237. The highest BCUT2D eigenvalue weighted by molar-refractivity contribution is 5.81. The molecule has 0 amide bonds. The van der Waals surface area contributed by atoms with Gasteiger partial charge in [-0.1, -0.05) is 60.7 Å². The second-order valence-electron chi connectivity index (χ2n) is 12.0. The van der Waals surface area contributed by atoms with E-state index in [9.17, 15) is 0 Å². The maximum Gasteiger partial charge on any atom is 0.218 e. The van der Waals surface area contributed by atoms with Crippen molar-refractivity contribution in [1.82, 2.24) is 4.98 Å². The third kappa shape index (κ3) is 14.1. The van der Waals surface area contributed by atoms with Crippen molar-refractivity contribution in [2.24, 2.45) is 0 Å². The molecule has 0 unspecified atom stereocenters. The van der Waals surface area contributed by atoms with Crippen LogP contribution in [0.1, 0.15) is 0 Å². The molecule has 3 aromatic carbocycles. The van der Waals surface area contributed by atoms with Gasteiger partial charge in [0.1, 0.15) is 37.9 Å². The Balaban J connectivity index is 1.18. The fourth-order valence-electron chi connectivity index (χ4n) is 5.27. The second-order valence-corrected chi connectivity index (χ2v) is 12.0. The van der Waals surface area contributed by atoms with E-state index in [4.69, 9.17) is 47.4 Å². The molecule has 12 heteroatoms. The third-order valence-corrected chi connectivity index (χ3v) is 7.94. The van der Waals surface area contributed by atoms with Gasteiger partial charge in [0.25, 0.3) is 0 Å². The summed E-state index contributed by atoms with van der Waals surface area (Å²) in [5.74, 6) is 2.41. The Morgan fingerprint density at radius 2 is 0.717 bits per heavy atom. The van der Waals surface area contributed by atoms with Gasteiger partial charge in [-0.25, -0.2) is 0 Å². The van der Waals surface area contributed by atoms with Crippen LogP contribution in [-0.4, -0.2) is 125 Å². The molecule has 12 nitrogen and oxygen atoms in total. The number of aromatic nitrogens is 1. The Morgan fingerprint density at radius 3 is 1.06 bits per heavy atom. The Labute approximate surface area is 312 Å². The highest BCUT2D eigenvalue weighted by atomic mass is 16.6.